The van der Waals surface area contributed by atoms with Gasteiger partial charge < -0.3 is 24.4 Å². The monoisotopic (exact) mass is 446 g/mol. The number of carbonyl (C=O) groups is 3. The average Bonchev–Trinajstić information content (AvgIpc) is 3.06. The van der Waals surface area contributed by atoms with Gasteiger partial charge in [-0.15, -0.1) is 11.3 Å². The molecule has 0 bridgehead atoms. The predicted octanol–water partition coefficient (Wildman–Crippen LogP) is 3.60. The largest absolute Gasteiger partial charge is 0.493 e. The summed E-state index contributed by atoms with van der Waals surface area (Å²) < 4.78 is 15.6. The number of methoxy groups -OCH3 is 2. The minimum absolute atomic E-state index is 0.178. The van der Waals surface area contributed by atoms with Crippen LogP contribution >= 0.6 is 11.3 Å². The first-order valence-electron chi connectivity index (χ1n) is 9.46. The van der Waals surface area contributed by atoms with Gasteiger partial charge >= 0.3 is 5.97 Å². The average molecular weight is 447 g/mol. The lowest BCUT2D eigenvalue weighted by molar-refractivity contribution is -0.111. The van der Waals surface area contributed by atoms with Crippen LogP contribution in [0.1, 0.15) is 38.1 Å². The van der Waals surface area contributed by atoms with Gasteiger partial charge in [0, 0.05) is 20.2 Å². The highest BCUT2D eigenvalue weighted by atomic mass is 32.1. The van der Waals surface area contributed by atoms with Crippen LogP contribution in [-0.2, 0) is 9.53 Å². The summed E-state index contributed by atoms with van der Waals surface area (Å²) in [6.45, 7) is 3.53. The van der Waals surface area contributed by atoms with Gasteiger partial charge in [-0.25, -0.2) is 4.79 Å². The van der Waals surface area contributed by atoms with E-state index in [0.29, 0.717) is 21.9 Å². The quantitative estimate of drug-likeness (QED) is 0.492. The molecule has 0 fully saturated rings. The Morgan fingerprint density at radius 3 is 2.39 bits per heavy atom. The molecule has 0 saturated carbocycles. The van der Waals surface area contributed by atoms with Crippen LogP contribution in [0.2, 0.25) is 0 Å². The Morgan fingerprint density at radius 1 is 1.13 bits per heavy atom. The zero-order chi connectivity index (χ0) is 23.1. The standard InChI is InChI=1S/C22H26N2O6S/c1-7-30-22(27)18-13(2)19(21(26)24(3)4)31-20(18)23-17(25)11-9-14-8-10-15(28-5)16(12-14)29-6/h8-12H,7H2,1-6H3,(H,23,25). The Bertz CT molecular complexity index is 1010. The maximum absolute atomic E-state index is 12.5. The van der Waals surface area contributed by atoms with Crippen LogP contribution in [0.5, 0.6) is 11.5 Å². The summed E-state index contributed by atoms with van der Waals surface area (Å²) in [5.41, 5.74) is 1.38. The first-order chi connectivity index (χ1) is 14.7. The first kappa shape index (κ1) is 23.9. The van der Waals surface area contributed by atoms with Gasteiger partial charge in [0.15, 0.2) is 11.5 Å². The van der Waals surface area contributed by atoms with Crippen molar-refractivity contribution in [2.75, 3.05) is 40.2 Å². The molecule has 0 unspecified atom stereocenters. The highest BCUT2D eigenvalue weighted by Crippen LogP contribution is 2.34. The van der Waals surface area contributed by atoms with Crippen LogP contribution < -0.4 is 14.8 Å². The molecular weight excluding hydrogens is 420 g/mol. The lowest BCUT2D eigenvalue weighted by atomic mass is 10.1. The summed E-state index contributed by atoms with van der Waals surface area (Å²) >= 11 is 1.04. The summed E-state index contributed by atoms with van der Waals surface area (Å²) in [5, 5.41) is 2.96. The SMILES string of the molecule is CCOC(=O)c1c(NC(=O)C=Cc2ccc(OC)c(OC)c2)sc(C(=O)N(C)C)c1C. The molecule has 1 aromatic heterocycles. The van der Waals surface area contributed by atoms with Crippen LogP contribution in [0, 0.1) is 6.92 Å². The maximum Gasteiger partial charge on any atom is 0.341 e. The van der Waals surface area contributed by atoms with E-state index in [1.165, 1.54) is 18.1 Å². The van der Waals surface area contributed by atoms with Crippen molar-refractivity contribution in [2.24, 2.45) is 0 Å². The zero-order valence-electron chi connectivity index (χ0n) is 18.4. The minimum atomic E-state index is -0.590. The molecule has 0 aliphatic heterocycles. The Balaban J connectivity index is 2.31. The molecule has 31 heavy (non-hydrogen) atoms. The summed E-state index contributed by atoms with van der Waals surface area (Å²) in [6, 6.07) is 5.24. The number of rotatable bonds is 8. The smallest absolute Gasteiger partial charge is 0.341 e. The number of nitrogens with zero attached hydrogens (tertiary/aromatic N) is 1. The molecule has 2 aromatic rings. The molecule has 9 heteroatoms. The van der Waals surface area contributed by atoms with Gasteiger partial charge in [-0.1, -0.05) is 6.07 Å². The van der Waals surface area contributed by atoms with Crippen molar-refractivity contribution in [3.8, 4) is 11.5 Å². The number of esters is 1. The number of anilines is 1. The van der Waals surface area contributed by atoms with Gasteiger partial charge in [0.1, 0.15) is 5.00 Å². The zero-order valence-corrected chi connectivity index (χ0v) is 19.2. The maximum atomic E-state index is 12.5. The van der Waals surface area contributed by atoms with Gasteiger partial charge in [-0.05, 0) is 43.2 Å². The summed E-state index contributed by atoms with van der Waals surface area (Å²) in [5.74, 6) is -0.182. The second kappa shape index (κ2) is 10.6. The fourth-order valence-electron chi connectivity index (χ4n) is 2.74. The van der Waals surface area contributed by atoms with Crippen LogP contribution in [-0.4, -0.2) is 57.6 Å². The van der Waals surface area contributed by atoms with E-state index in [9.17, 15) is 14.4 Å². The minimum Gasteiger partial charge on any atom is -0.493 e. The second-order valence-electron chi connectivity index (χ2n) is 6.62. The Kier molecular flexibility index (Phi) is 8.21. The fourth-order valence-corrected chi connectivity index (χ4v) is 3.96. The van der Waals surface area contributed by atoms with Gasteiger partial charge in [0.25, 0.3) is 5.91 Å². The van der Waals surface area contributed by atoms with Crippen LogP contribution in [0.25, 0.3) is 6.08 Å². The number of hydrogen-bond acceptors (Lipinski definition) is 7. The summed E-state index contributed by atoms with van der Waals surface area (Å²) in [4.78, 5) is 39.2. The van der Waals surface area contributed by atoms with E-state index in [1.54, 1.807) is 59.3 Å². The number of amides is 2. The highest BCUT2D eigenvalue weighted by molar-refractivity contribution is 7.18. The fraction of sp³-hybridized carbons (Fsp3) is 0.318. The number of hydrogen-bond donors (Lipinski definition) is 1. The van der Waals surface area contributed by atoms with E-state index < -0.39 is 11.9 Å². The van der Waals surface area contributed by atoms with E-state index >= 15 is 0 Å². The molecule has 0 radical (unpaired) electrons. The van der Waals surface area contributed by atoms with Crippen molar-refractivity contribution in [1.82, 2.24) is 4.90 Å². The third-order valence-corrected chi connectivity index (χ3v) is 5.49. The Morgan fingerprint density at radius 2 is 1.81 bits per heavy atom. The van der Waals surface area contributed by atoms with Crippen molar-refractivity contribution in [3.63, 3.8) is 0 Å². The molecule has 0 spiro atoms. The van der Waals surface area contributed by atoms with E-state index in [4.69, 9.17) is 14.2 Å². The van der Waals surface area contributed by atoms with Crippen LogP contribution in [0.15, 0.2) is 24.3 Å². The molecule has 0 atom stereocenters. The van der Waals surface area contributed by atoms with Crippen LogP contribution in [0.3, 0.4) is 0 Å². The lowest BCUT2D eigenvalue weighted by Gasteiger charge is -2.09. The van der Waals surface area contributed by atoms with Crippen LogP contribution in [0.4, 0.5) is 5.00 Å². The van der Waals surface area contributed by atoms with Gasteiger partial charge in [-0.3, -0.25) is 9.59 Å². The van der Waals surface area contributed by atoms with Crippen molar-refractivity contribution in [3.05, 3.63) is 45.8 Å². The molecule has 1 heterocycles. The topological polar surface area (TPSA) is 94.2 Å². The molecule has 166 valence electrons. The molecule has 8 nitrogen and oxygen atoms in total. The molecular formula is C22H26N2O6S. The third-order valence-electron chi connectivity index (χ3n) is 4.30. The Labute approximate surface area is 185 Å². The summed E-state index contributed by atoms with van der Waals surface area (Å²) in [7, 11) is 6.31. The van der Waals surface area contributed by atoms with Crippen molar-refractivity contribution < 1.29 is 28.6 Å². The molecule has 1 aromatic carbocycles. The molecule has 0 aliphatic carbocycles. The van der Waals surface area contributed by atoms with E-state index in [1.807, 2.05) is 0 Å². The van der Waals surface area contributed by atoms with Crippen molar-refractivity contribution in [1.29, 1.82) is 0 Å². The molecule has 0 aliphatic rings. The molecule has 1 N–H and O–H groups in total. The third kappa shape index (κ3) is 5.64. The normalized spacial score (nSPS) is 10.6. The van der Waals surface area contributed by atoms with E-state index in [2.05, 4.69) is 5.32 Å². The van der Waals surface area contributed by atoms with Gasteiger partial charge in [0.05, 0.1) is 31.3 Å². The van der Waals surface area contributed by atoms with E-state index in [-0.39, 0.29) is 23.1 Å². The van der Waals surface area contributed by atoms with Gasteiger partial charge in [0.2, 0.25) is 5.91 Å². The molecule has 0 saturated heterocycles. The van der Waals surface area contributed by atoms with E-state index in [0.717, 1.165) is 16.9 Å². The Hall–Kier alpha value is -3.33. The number of thiophene rings is 1. The molecule has 2 amide bonds. The lowest BCUT2D eigenvalue weighted by Crippen LogP contribution is -2.21. The summed E-state index contributed by atoms with van der Waals surface area (Å²) in [6.07, 6.45) is 2.94. The van der Waals surface area contributed by atoms with Crippen molar-refractivity contribution >= 4 is 40.2 Å². The number of ether oxygens (including phenoxy) is 3. The van der Waals surface area contributed by atoms with Crippen molar-refractivity contribution in [2.45, 2.75) is 13.8 Å². The number of carbonyl (C=O) groups excluding carboxylic acids is 3. The number of benzene rings is 1. The van der Waals surface area contributed by atoms with Gasteiger partial charge in [-0.2, -0.15) is 0 Å². The number of nitrogens with one attached hydrogen (secondary N) is 1. The molecule has 2 rings (SSSR count). The highest BCUT2D eigenvalue weighted by Gasteiger charge is 2.27. The predicted molar refractivity (Wildman–Crippen MR) is 120 cm³/mol. The second-order valence-corrected chi connectivity index (χ2v) is 7.64. The first-order valence-corrected chi connectivity index (χ1v) is 10.3.